The molecule has 0 aliphatic heterocycles. The fourth-order valence-corrected chi connectivity index (χ4v) is 3.59. The van der Waals surface area contributed by atoms with Gasteiger partial charge in [0.05, 0.1) is 17.2 Å². The Balaban J connectivity index is 1.78. The van der Waals surface area contributed by atoms with E-state index in [0.717, 1.165) is 27.4 Å². The third-order valence-corrected chi connectivity index (χ3v) is 5.50. The molecule has 0 atom stereocenters. The second-order valence-electron chi connectivity index (χ2n) is 6.62. The molecular formula is C21H22N4O3S. The Morgan fingerprint density at radius 1 is 1.21 bits per heavy atom. The summed E-state index contributed by atoms with van der Waals surface area (Å²) in [5.41, 5.74) is 3.70. The van der Waals surface area contributed by atoms with Gasteiger partial charge in [0.1, 0.15) is 5.56 Å². The summed E-state index contributed by atoms with van der Waals surface area (Å²) < 4.78 is 1.91. The standard InChI is InChI=1S/C21H22N4O3S/c1-14-19(15(2)24(23-14)13-16-7-5-4-6-8-16)12-22-21(26)18-11-17(29-3)9-10-20(18)25(27)28/h4-11H,12-13H2,1-3H3,(H,22,26). The molecule has 0 saturated carbocycles. The molecule has 7 nitrogen and oxygen atoms in total. The summed E-state index contributed by atoms with van der Waals surface area (Å²) >= 11 is 1.43. The number of nitro benzene ring substituents is 1. The molecule has 1 heterocycles. The van der Waals surface area contributed by atoms with E-state index in [1.165, 1.54) is 17.8 Å². The van der Waals surface area contributed by atoms with Crippen molar-refractivity contribution in [3.63, 3.8) is 0 Å². The van der Waals surface area contributed by atoms with Gasteiger partial charge >= 0.3 is 0 Å². The van der Waals surface area contributed by atoms with Crippen LogP contribution >= 0.6 is 11.8 Å². The quantitative estimate of drug-likeness (QED) is 0.360. The molecule has 29 heavy (non-hydrogen) atoms. The highest BCUT2D eigenvalue weighted by molar-refractivity contribution is 7.98. The topological polar surface area (TPSA) is 90.1 Å². The first kappa shape index (κ1) is 20.6. The van der Waals surface area contributed by atoms with Gasteiger partial charge < -0.3 is 5.32 Å². The Labute approximate surface area is 173 Å². The number of hydrogen-bond acceptors (Lipinski definition) is 5. The fraction of sp³-hybridized carbons (Fsp3) is 0.238. The van der Waals surface area contributed by atoms with E-state index in [0.29, 0.717) is 6.54 Å². The molecule has 0 bridgehead atoms. The van der Waals surface area contributed by atoms with Gasteiger partial charge in [-0.15, -0.1) is 11.8 Å². The van der Waals surface area contributed by atoms with Crippen molar-refractivity contribution in [2.45, 2.75) is 31.8 Å². The lowest BCUT2D eigenvalue weighted by Gasteiger charge is -2.09. The van der Waals surface area contributed by atoms with Crippen LogP contribution in [-0.4, -0.2) is 26.9 Å². The van der Waals surface area contributed by atoms with Gasteiger partial charge in [0.25, 0.3) is 11.6 Å². The maximum Gasteiger partial charge on any atom is 0.282 e. The Bertz CT molecular complexity index is 1050. The number of thioether (sulfide) groups is 1. The number of carbonyl (C=O) groups excluding carboxylic acids is 1. The molecule has 8 heteroatoms. The van der Waals surface area contributed by atoms with Crippen molar-refractivity contribution < 1.29 is 9.72 Å². The van der Waals surface area contributed by atoms with Crippen molar-refractivity contribution in [3.05, 3.63) is 86.7 Å². The van der Waals surface area contributed by atoms with Gasteiger partial charge in [-0.2, -0.15) is 5.10 Å². The second-order valence-corrected chi connectivity index (χ2v) is 7.50. The van der Waals surface area contributed by atoms with Gasteiger partial charge in [0.2, 0.25) is 0 Å². The van der Waals surface area contributed by atoms with E-state index in [1.54, 1.807) is 12.1 Å². The predicted molar refractivity (Wildman–Crippen MR) is 113 cm³/mol. The highest BCUT2D eigenvalue weighted by atomic mass is 32.2. The molecule has 150 valence electrons. The lowest BCUT2D eigenvalue weighted by atomic mass is 10.1. The number of aromatic nitrogens is 2. The molecule has 1 amide bonds. The number of benzene rings is 2. The molecule has 1 aromatic heterocycles. The minimum absolute atomic E-state index is 0.0637. The number of amides is 1. The van der Waals surface area contributed by atoms with Crippen molar-refractivity contribution in [3.8, 4) is 0 Å². The normalized spacial score (nSPS) is 10.7. The third kappa shape index (κ3) is 4.65. The smallest absolute Gasteiger partial charge is 0.282 e. The monoisotopic (exact) mass is 410 g/mol. The summed E-state index contributed by atoms with van der Waals surface area (Å²) in [5.74, 6) is -0.470. The molecule has 0 aliphatic rings. The third-order valence-electron chi connectivity index (χ3n) is 4.78. The van der Waals surface area contributed by atoms with Gasteiger partial charge in [0.15, 0.2) is 0 Å². The van der Waals surface area contributed by atoms with Gasteiger partial charge in [0, 0.05) is 28.8 Å². The highest BCUT2D eigenvalue weighted by Crippen LogP contribution is 2.25. The lowest BCUT2D eigenvalue weighted by Crippen LogP contribution is -2.24. The van der Waals surface area contributed by atoms with Crippen LogP contribution in [0.15, 0.2) is 53.4 Å². The average molecular weight is 410 g/mol. The minimum Gasteiger partial charge on any atom is -0.348 e. The number of rotatable bonds is 7. The molecule has 3 aromatic rings. The van der Waals surface area contributed by atoms with E-state index in [1.807, 2.05) is 55.1 Å². The van der Waals surface area contributed by atoms with Gasteiger partial charge in [-0.1, -0.05) is 30.3 Å². The van der Waals surface area contributed by atoms with Crippen LogP contribution in [0.4, 0.5) is 5.69 Å². The van der Waals surface area contributed by atoms with Crippen LogP contribution in [0.1, 0.15) is 32.9 Å². The SMILES string of the molecule is CSc1ccc([N+](=O)[O-])c(C(=O)NCc2c(C)nn(Cc3ccccc3)c2C)c1. The first-order valence-electron chi connectivity index (χ1n) is 9.08. The Morgan fingerprint density at radius 2 is 1.93 bits per heavy atom. The summed E-state index contributed by atoms with van der Waals surface area (Å²) in [5, 5.41) is 18.7. The van der Waals surface area contributed by atoms with Gasteiger partial charge in [-0.05, 0) is 37.8 Å². The first-order chi connectivity index (χ1) is 13.9. The van der Waals surface area contributed by atoms with Crippen LogP contribution in [0.25, 0.3) is 0 Å². The van der Waals surface area contributed by atoms with E-state index in [-0.39, 0.29) is 17.8 Å². The van der Waals surface area contributed by atoms with E-state index in [4.69, 9.17) is 0 Å². The van der Waals surface area contributed by atoms with Crippen LogP contribution < -0.4 is 5.32 Å². The first-order valence-corrected chi connectivity index (χ1v) is 10.3. The zero-order valence-corrected chi connectivity index (χ0v) is 17.3. The van der Waals surface area contributed by atoms with Crippen molar-refractivity contribution in [2.75, 3.05) is 6.26 Å². The molecule has 3 rings (SSSR count). The van der Waals surface area contributed by atoms with E-state index >= 15 is 0 Å². The van der Waals surface area contributed by atoms with Gasteiger partial charge in [-0.3, -0.25) is 19.6 Å². The van der Waals surface area contributed by atoms with Crippen molar-refractivity contribution in [1.29, 1.82) is 0 Å². The van der Waals surface area contributed by atoms with Crippen LogP contribution in [0.5, 0.6) is 0 Å². The van der Waals surface area contributed by atoms with E-state index < -0.39 is 10.8 Å². The minimum atomic E-state index is -0.534. The molecule has 0 saturated heterocycles. The van der Waals surface area contributed by atoms with E-state index in [9.17, 15) is 14.9 Å². The Kier molecular flexibility index (Phi) is 6.33. The maximum absolute atomic E-state index is 12.7. The number of hydrogen-bond donors (Lipinski definition) is 1. The highest BCUT2D eigenvalue weighted by Gasteiger charge is 2.21. The zero-order valence-electron chi connectivity index (χ0n) is 16.5. The summed E-state index contributed by atoms with van der Waals surface area (Å²) in [6.45, 7) is 4.75. The average Bonchev–Trinajstić information content (AvgIpc) is 2.98. The predicted octanol–water partition coefficient (Wildman–Crippen LogP) is 4.11. The maximum atomic E-state index is 12.7. The van der Waals surface area contributed by atoms with Crippen LogP contribution in [0.2, 0.25) is 0 Å². The summed E-state index contributed by atoms with van der Waals surface area (Å²) in [7, 11) is 0. The number of carbonyl (C=O) groups is 1. The molecule has 0 unspecified atom stereocenters. The van der Waals surface area contributed by atoms with Crippen LogP contribution in [0, 0.1) is 24.0 Å². The Morgan fingerprint density at radius 3 is 2.59 bits per heavy atom. The molecule has 0 fully saturated rings. The zero-order chi connectivity index (χ0) is 21.0. The van der Waals surface area contributed by atoms with Crippen molar-refractivity contribution in [2.24, 2.45) is 0 Å². The Hall–Kier alpha value is -3.13. The van der Waals surface area contributed by atoms with Crippen molar-refractivity contribution >= 4 is 23.4 Å². The summed E-state index contributed by atoms with van der Waals surface area (Å²) in [6, 6.07) is 14.6. The van der Waals surface area contributed by atoms with Crippen LogP contribution in [-0.2, 0) is 13.1 Å². The molecule has 0 spiro atoms. The summed E-state index contributed by atoms with van der Waals surface area (Å²) in [6.07, 6.45) is 1.86. The van der Waals surface area contributed by atoms with Gasteiger partial charge in [-0.25, -0.2) is 0 Å². The van der Waals surface area contributed by atoms with E-state index in [2.05, 4.69) is 10.4 Å². The molecule has 1 N–H and O–H groups in total. The molecule has 0 aliphatic carbocycles. The molecule has 2 aromatic carbocycles. The molecular weight excluding hydrogens is 388 g/mol. The largest absolute Gasteiger partial charge is 0.348 e. The number of nitro groups is 1. The number of nitrogens with one attached hydrogen (secondary N) is 1. The lowest BCUT2D eigenvalue weighted by molar-refractivity contribution is -0.385. The summed E-state index contributed by atoms with van der Waals surface area (Å²) in [4.78, 5) is 24.2. The molecule has 0 radical (unpaired) electrons. The number of aryl methyl sites for hydroxylation is 1. The van der Waals surface area contributed by atoms with Crippen LogP contribution in [0.3, 0.4) is 0 Å². The number of nitrogens with zero attached hydrogens (tertiary/aromatic N) is 3. The van der Waals surface area contributed by atoms with Crippen molar-refractivity contribution in [1.82, 2.24) is 15.1 Å². The second kappa shape index (κ2) is 8.91. The fourth-order valence-electron chi connectivity index (χ4n) is 3.15.